The van der Waals surface area contributed by atoms with Crippen molar-refractivity contribution >= 4 is 51.6 Å². The topological polar surface area (TPSA) is 119 Å². The molecule has 3 aromatic rings. The lowest BCUT2D eigenvalue weighted by atomic mass is 10.2. The van der Waals surface area contributed by atoms with Gasteiger partial charge in [-0.15, -0.1) is 0 Å². The number of hydrogen-bond acceptors (Lipinski definition) is 8. The molecule has 0 saturated carbocycles. The molecule has 1 atom stereocenters. The molecule has 1 fully saturated rings. The molecule has 0 amide bonds. The van der Waals surface area contributed by atoms with Gasteiger partial charge in [0.15, 0.2) is 5.16 Å². The molecular weight excluding hydrogens is 432 g/mol. The molecule has 31 heavy (non-hydrogen) atoms. The fourth-order valence-corrected chi connectivity index (χ4v) is 5.03. The Morgan fingerprint density at radius 2 is 2.23 bits per heavy atom. The maximum atomic E-state index is 9.15. The molecule has 5 N–H and O–H groups in total. The van der Waals surface area contributed by atoms with Crippen molar-refractivity contribution in [1.29, 1.82) is 5.26 Å². The molecule has 0 spiro atoms. The third-order valence-electron chi connectivity index (χ3n) is 5.46. The summed E-state index contributed by atoms with van der Waals surface area (Å²) in [6.45, 7) is 3.65. The van der Waals surface area contributed by atoms with Gasteiger partial charge in [-0.1, -0.05) is 18.5 Å². The van der Waals surface area contributed by atoms with Gasteiger partial charge >= 0.3 is 0 Å². The van der Waals surface area contributed by atoms with Crippen molar-refractivity contribution in [2.45, 2.75) is 35.9 Å². The Morgan fingerprint density at radius 1 is 1.35 bits per heavy atom. The zero-order valence-electron chi connectivity index (χ0n) is 16.9. The third kappa shape index (κ3) is 3.67. The maximum Gasteiger partial charge on any atom is 0.196 e. The summed E-state index contributed by atoms with van der Waals surface area (Å²) in [6.07, 6.45) is 3.36. The van der Waals surface area contributed by atoms with Gasteiger partial charge in [0.05, 0.1) is 21.8 Å². The number of nitriles is 1. The first-order valence-corrected chi connectivity index (χ1v) is 11.3. The number of aromatic amines is 1. The number of anilines is 3. The Bertz CT molecular complexity index is 1240. The number of fused-ring (bicyclic) bond motifs is 2. The number of nitrogens with zero attached hydrogens (tertiary/aromatic N) is 4. The minimum absolute atomic E-state index is 0.131. The molecule has 0 bridgehead atoms. The molecule has 0 aliphatic carbocycles. The number of hydrogen-bond donors (Lipinski definition) is 4. The molecule has 1 aromatic carbocycles. The van der Waals surface area contributed by atoms with Crippen molar-refractivity contribution in [3.63, 3.8) is 0 Å². The molecule has 0 unspecified atom stereocenters. The number of aryl methyl sites for hydroxylation is 1. The highest BCUT2D eigenvalue weighted by atomic mass is 35.5. The molecule has 158 valence electrons. The van der Waals surface area contributed by atoms with E-state index in [1.807, 2.05) is 18.2 Å². The van der Waals surface area contributed by atoms with Crippen LogP contribution in [0.1, 0.15) is 19.0 Å². The van der Waals surface area contributed by atoms with E-state index in [0.717, 1.165) is 64.7 Å². The molecule has 2 aliphatic heterocycles. The van der Waals surface area contributed by atoms with Gasteiger partial charge in [0.2, 0.25) is 0 Å². The minimum Gasteiger partial charge on any atom is -0.358 e. The summed E-state index contributed by atoms with van der Waals surface area (Å²) in [5, 5.41) is 17.6. The highest BCUT2D eigenvalue weighted by Gasteiger charge is 2.26. The fourth-order valence-electron chi connectivity index (χ4n) is 3.88. The lowest BCUT2D eigenvalue weighted by Crippen LogP contribution is -2.27. The van der Waals surface area contributed by atoms with Gasteiger partial charge < -0.3 is 26.3 Å². The number of halogens is 1. The average Bonchev–Trinajstić information content (AvgIpc) is 3.35. The van der Waals surface area contributed by atoms with Crippen molar-refractivity contribution in [3.8, 4) is 6.07 Å². The summed E-state index contributed by atoms with van der Waals surface area (Å²) in [7, 11) is 0. The first-order chi connectivity index (χ1) is 15.1. The largest absolute Gasteiger partial charge is 0.358 e. The van der Waals surface area contributed by atoms with Crippen LogP contribution in [-0.4, -0.2) is 34.1 Å². The van der Waals surface area contributed by atoms with Gasteiger partial charge in [-0.05, 0) is 42.8 Å². The van der Waals surface area contributed by atoms with Crippen LogP contribution in [-0.2, 0) is 6.42 Å². The monoisotopic (exact) mass is 452 g/mol. The number of H-pyrrole nitrogens is 1. The Hall–Kier alpha value is -2.93. The summed E-state index contributed by atoms with van der Waals surface area (Å²) < 4.78 is 0. The fraction of sp³-hybridized carbons (Fsp3) is 0.286. The van der Waals surface area contributed by atoms with Crippen molar-refractivity contribution in [3.05, 3.63) is 40.8 Å². The Labute approximate surface area is 188 Å². The Balaban J connectivity index is 1.53. The smallest absolute Gasteiger partial charge is 0.196 e. The van der Waals surface area contributed by atoms with Gasteiger partial charge in [0.1, 0.15) is 23.2 Å². The first kappa shape index (κ1) is 20.0. The van der Waals surface area contributed by atoms with E-state index >= 15 is 0 Å². The van der Waals surface area contributed by atoms with Crippen LogP contribution in [0.2, 0.25) is 5.02 Å². The quantitative estimate of drug-likeness (QED) is 0.437. The molecule has 2 aromatic heterocycles. The van der Waals surface area contributed by atoms with E-state index in [0.29, 0.717) is 15.9 Å². The van der Waals surface area contributed by atoms with Crippen LogP contribution >= 0.6 is 23.4 Å². The van der Waals surface area contributed by atoms with Gasteiger partial charge in [-0.2, -0.15) is 5.26 Å². The predicted octanol–water partition coefficient (Wildman–Crippen LogP) is 4.06. The van der Waals surface area contributed by atoms with Crippen LogP contribution in [0.4, 0.5) is 17.2 Å². The molecule has 0 radical (unpaired) electrons. The molecule has 1 saturated heterocycles. The van der Waals surface area contributed by atoms with E-state index in [1.165, 1.54) is 11.8 Å². The van der Waals surface area contributed by atoms with E-state index in [1.54, 1.807) is 6.20 Å². The SMILES string of the molecule is CCc1[nH]c2nc(Sc3ccc4c(c3)NC(C#N)=CN4)nc(N3CC[C@H](N)C3)c2c1Cl. The van der Waals surface area contributed by atoms with Crippen LogP contribution in [0, 0.1) is 11.3 Å². The zero-order valence-corrected chi connectivity index (χ0v) is 18.4. The summed E-state index contributed by atoms with van der Waals surface area (Å²) in [6, 6.07) is 8.19. The summed E-state index contributed by atoms with van der Waals surface area (Å²) in [5.74, 6) is 0.828. The zero-order chi connectivity index (χ0) is 21.5. The highest BCUT2D eigenvalue weighted by molar-refractivity contribution is 7.99. The number of allylic oxidation sites excluding steroid dienone is 1. The van der Waals surface area contributed by atoms with Crippen LogP contribution in [0.25, 0.3) is 11.0 Å². The van der Waals surface area contributed by atoms with Crippen molar-refractivity contribution < 1.29 is 0 Å². The van der Waals surface area contributed by atoms with Crippen molar-refractivity contribution in [2.75, 3.05) is 28.6 Å². The number of benzene rings is 1. The maximum absolute atomic E-state index is 9.15. The lowest BCUT2D eigenvalue weighted by Gasteiger charge is -2.19. The summed E-state index contributed by atoms with van der Waals surface area (Å²) >= 11 is 8.14. The highest BCUT2D eigenvalue weighted by Crippen LogP contribution is 2.39. The molecule has 8 nitrogen and oxygen atoms in total. The molecule has 2 aliphatic rings. The summed E-state index contributed by atoms with van der Waals surface area (Å²) in [4.78, 5) is 16.1. The first-order valence-electron chi connectivity index (χ1n) is 10.1. The third-order valence-corrected chi connectivity index (χ3v) is 6.73. The van der Waals surface area contributed by atoms with Crippen LogP contribution in [0.5, 0.6) is 0 Å². The van der Waals surface area contributed by atoms with E-state index < -0.39 is 0 Å². The number of nitrogens with one attached hydrogen (secondary N) is 3. The lowest BCUT2D eigenvalue weighted by molar-refractivity contribution is 0.751. The van der Waals surface area contributed by atoms with E-state index in [9.17, 15) is 0 Å². The van der Waals surface area contributed by atoms with Crippen LogP contribution in [0.3, 0.4) is 0 Å². The van der Waals surface area contributed by atoms with Crippen LogP contribution in [0.15, 0.2) is 40.1 Å². The Kier molecular flexibility index (Phi) is 5.14. The molecule has 4 heterocycles. The van der Waals surface area contributed by atoms with E-state index in [4.69, 9.17) is 32.6 Å². The normalized spacial score (nSPS) is 17.7. The van der Waals surface area contributed by atoms with Gasteiger partial charge in [0, 0.05) is 35.9 Å². The second-order valence-corrected chi connectivity index (χ2v) is 8.99. The second-order valence-electron chi connectivity index (χ2n) is 7.57. The van der Waals surface area contributed by atoms with E-state index in [-0.39, 0.29) is 6.04 Å². The number of rotatable bonds is 4. The molecule has 10 heteroatoms. The molecular formula is C21H21ClN8S. The summed E-state index contributed by atoms with van der Waals surface area (Å²) in [5.41, 5.74) is 10.1. The van der Waals surface area contributed by atoms with Gasteiger partial charge in [0.25, 0.3) is 0 Å². The van der Waals surface area contributed by atoms with Gasteiger partial charge in [-0.25, -0.2) is 9.97 Å². The Morgan fingerprint density at radius 3 is 2.97 bits per heavy atom. The number of aromatic nitrogens is 3. The number of nitrogens with two attached hydrogens (primary N) is 1. The van der Waals surface area contributed by atoms with Gasteiger partial charge in [-0.3, -0.25) is 0 Å². The second kappa shape index (κ2) is 7.96. The van der Waals surface area contributed by atoms with Crippen LogP contribution < -0.4 is 21.3 Å². The van der Waals surface area contributed by atoms with E-state index in [2.05, 4.69) is 33.5 Å². The van der Waals surface area contributed by atoms with Crippen molar-refractivity contribution in [1.82, 2.24) is 15.0 Å². The predicted molar refractivity (Wildman–Crippen MR) is 125 cm³/mol. The standard InChI is InChI=1S/C21H21ClN8S/c1-2-14-18(22)17-19(27-14)28-21(29-20(17)30-6-5-11(24)10-30)31-13-3-4-15-16(7-13)26-12(8-23)9-25-15/h3-4,7,9,11,25-26H,2,5-6,10,24H2,1H3,(H,27,28,29)/t11-/m0/s1. The van der Waals surface area contributed by atoms with Crippen molar-refractivity contribution in [2.24, 2.45) is 5.73 Å². The average molecular weight is 453 g/mol. The minimum atomic E-state index is 0.131. The molecule has 5 rings (SSSR count).